The van der Waals surface area contributed by atoms with Gasteiger partial charge in [0.1, 0.15) is 0 Å². The van der Waals surface area contributed by atoms with Crippen LogP contribution < -0.4 is 10.2 Å². The van der Waals surface area contributed by atoms with Crippen LogP contribution >= 0.6 is 11.8 Å². The molecular formula is C24H27N3OS. The van der Waals surface area contributed by atoms with Crippen molar-refractivity contribution in [3.63, 3.8) is 0 Å². The van der Waals surface area contributed by atoms with Gasteiger partial charge in [-0.05, 0) is 86.3 Å². The zero-order valence-corrected chi connectivity index (χ0v) is 18.2. The minimum Gasteiger partial charge on any atom is -0.366 e. The average Bonchev–Trinajstić information content (AvgIpc) is 3.01. The van der Waals surface area contributed by atoms with E-state index in [0.29, 0.717) is 16.0 Å². The third kappa shape index (κ3) is 3.97. The number of amidine groups is 1. The lowest BCUT2D eigenvalue weighted by Crippen LogP contribution is -2.48. The van der Waals surface area contributed by atoms with Gasteiger partial charge < -0.3 is 10.2 Å². The summed E-state index contributed by atoms with van der Waals surface area (Å²) < 4.78 is 0. The Bertz CT molecular complexity index is 994. The predicted octanol–water partition coefficient (Wildman–Crippen LogP) is 5.69. The molecule has 2 heterocycles. The molecule has 0 aromatic heterocycles. The molecule has 150 valence electrons. The molecule has 0 unspecified atom stereocenters. The highest BCUT2D eigenvalue weighted by Gasteiger charge is 2.35. The molecule has 0 spiro atoms. The number of fused-ring (bicyclic) bond motifs is 1. The molecule has 0 radical (unpaired) electrons. The Balaban J connectivity index is 1.62. The lowest BCUT2D eigenvalue weighted by Gasteiger charge is -2.47. The number of thioether (sulfide) groups is 1. The quantitative estimate of drug-likeness (QED) is 0.667. The van der Waals surface area contributed by atoms with Crippen molar-refractivity contribution >= 4 is 40.3 Å². The van der Waals surface area contributed by atoms with Gasteiger partial charge in [0.05, 0.1) is 10.6 Å². The summed E-state index contributed by atoms with van der Waals surface area (Å²) in [7, 11) is 0. The summed E-state index contributed by atoms with van der Waals surface area (Å²) in [4.78, 5) is 20.1. The molecule has 1 amide bonds. The standard InChI is InChI=1S/C24H27N3OS/c1-5-27-20-12-11-17(13-19(20)16(2)15-24(27,3)4)14-21-22(28)26-23(29-21)25-18-9-7-6-8-10-18/h6-14,16H,5,15H2,1-4H3,(H,25,26,28)/b21-14-/t16-/m0/s1. The van der Waals surface area contributed by atoms with Gasteiger partial charge in [-0.2, -0.15) is 0 Å². The van der Waals surface area contributed by atoms with E-state index in [1.807, 2.05) is 36.4 Å². The second-order valence-corrected chi connectivity index (χ2v) is 9.33. The molecule has 4 nitrogen and oxygen atoms in total. The molecule has 1 fully saturated rings. The van der Waals surface area contributed by atoms with Gasteiger partial charge in [-0.3, -0.25) is 4.79 Å². The average molecular weight is 406 g/mol. The number of carbonyl (C=O) groups excluding carboxylic acids is 1. The second kappa shape index (κ2) is 7.71. The van der Waals surface area contributed by atoms with Crippen LogP contribution in [0.25, 0.3) is 6.08 Å². The van der Waals surface area contributed by atoms with E-state index in [1.165, 1.54) is 23.0 Å². The van der Waals surface area contributed by atoms with E-state index in [1.54, 1.807) is 0 Å². The number of rotatable bonds is 3. The van der Waals surface area contributed by atoms with E-state index in [4.69, 9.17) is 0 Å². The zero-order chi connectivity index (χ0) is 20.6. The summed E-state index contributed by atoms with van der Waals surface area (Å²) in [5.41, 5.74) is 4.73. The topological polar surface area (TPSA) is 44.7 Å². The highest BCUT2D eigenvalue weighted by Crippen LogP contribution is 2.43. The van der Waals surface area contributed by atoms with E-state index < -0.39 is 0 Å². The maximum atomic E-state index is 12.4. The maximum Gasteiger partial charge on any atom is 0.264 e. The first-order valence-corrected chi connectivity index (χ1v) is 11.0. The smallest absolute Gasteiger partial charge is 0.264 e. The number of hydrogen-bond donors (Lipinski definition) is 1. The molecule has 0 bridgehead atoms. The summed E-state index contributed by atoms with van der Waals surface area (Å²) in [6.07, 6.45) is 3.09. The number of carbonyl (C=O) groups is 1. The van der Waals surface area contributed by atoms with Crippen LogP contribution in [0.15, 0.2) is 58.4 Å². The molecule has 1 atom stereocenters. The van der Waals surface area contributed by atoms with Crippen molar-refractivity contribution < 1.29 is 4.79 Å². The SMILES string of the molecule is CCN1c2ccc(/C=C3\SC(=Nc4ccccc4)NC3=O)cc2[C@@H](C)CC1(C)C. The number of nitrogens with zero attached hydrogens (tertiary/aromatic N) is 2. The van der Waals surface area contributed by atoms with Crippen LogP contribution in [-0.2, 0) is 4.79 Å². The first-order valence-electron chi connectivity index (χ1n) is 10.1. The molecule has 2 aliphatic heterocycles. The summed E-state index contributed by atoms with van der Waals surface area (Å²) in [6.45, 7) is 10.1. The molecule has 29 heavy (non-hydrogen) atoms. The van der Waals surface area contributed by atoms with E-state index in [-0.39, 0.29) is 11.4 Å². The van der Waals surface area contributed by atoms with Crippen LogP contribution in [0.5, 0.6) is 0 Å². The molecule has 0 aliphatic carbocycles. The minimum atomic E-state index is -0.0910. The third-order valence-corrected chi connectivity index (χ3v) is 6.57. The van der Waals surface area contributed by atoms with Crippen LogP contribution in [0.1, 0.15) is 51.2 Å². The van der Waals surface area contributed by atoms with Crippen molar-refractivity contribution in [1.82, 2.24) is 5.32 Å². The van der Waals surface area contributed by atoms with Crippen molar-refractivity contribution in [3.8, 4) is 0 Å². The Hall–Kier alpha value is -2.53. The Morgan fingerprint density at radius 2 is 2.00 bits per heavy atom. The molecule has 1 saturated heterocycles. The van der Waals surface area contributed by atoms with Crippen LogP contribution in [-0.4, -0.2) is 23.2 Å². The zero-order valence-electron chi connectivity index (χ0n) is 17.4. The normalized spacial score (nSPS) is 23.4. The third-order valence-electron chi connectivity index (χ3n) is 5.66. The van der Waals surface area contributed by atoms with Crippen molar-refractivity contribution in [2.75, 3.05) is 11.4 Å². The van der Waals surface area contributed by atoms with Crippen molar-refractivity contribution in [1.29, 1.82) is 0 Å². The van der Waals surface area contributed by atoms with Gasteiger partial charge in [-0.25, -0.2) is 4.99 Å². The first-order chi connectivity index (χ1) is 13.9. The van der Waals surface area contributed by atoms with Crippen LogP contribution in [0, 0.1) is 0 Å². The predicted molar refractivity (Wildman–Crippen MR) is 124 cm³/mol. The highest BCUT2D eigenvalue weighted by atomic mass is 32.2. The number of benzene rings is 2. The van der Waals surface area contributed by atoms with Crippen LogP contribution in [0.3, 0.4) is 0 Å². The van der Waals surface area contributed by atoms with Crippen LogP contribution in [0.4, 0.5) is 11.4 Å². The molecule has 5 heteroatoms. The first kappa shape index (κ1) is 19.8. The van der Waals surface area contributed by atoms with Crippen molar-refractivity contribution in [3.05, 3.63) is 64.6 Å². The van der Waals surface area contributed by atoms with E-state index in [2.05, 4.69) is 61.1 Å². The molecular weight excluding hydrogens is 378 g/mol. The van der Waals surface area contributed by atoms with Gasteiger partial charge >= 0.3 is 0 Å². The fraction of sp³-hybridized carbons (Fsp3) is 0.333. The van der Waals surface area contributed by atoms with E-state index in [9.17, 15) is 4.79 Å². The molecule has 2 aromatic carbocycles. The summed E-state index contributed by atoms with van der Waals surface area (Å²) in [5, 5.41) is 3.49. The largest absolute Gasteiger partial charge is 0.366 e. The Morgan fingerprint density at radius 1 is 1.24 bits per heavy atom. The van der Waals surface area contributed by atoms with E-state index in [0.717, 1.165) is 24.2 Å². The summed E-state index contributed by atoms with van der Waals surface area (Å²) in [6, 6.07) is 16.2. The number of anilines is 1. The van der Waals surface area contributed by atoms with Crippen molar-refractivity contribution in [2.24, 2.45) is 4.99 Å². The van der Waals surface area contributed by atoms with Gasteiger partial charge in [0, 0.05) is 17.8 Å². The van der Waals surface area contributed by atoms with Crippen LogP contribution in [0.2, 0.25) is 0 Å². The van der Waals surface area contributed by atoms with Crippen molar-refractivity contribution in [2.45, 2.75) is 45.6 Å². The molecule has 2 aromatic rings. The number of amides is 1. The molecule has 4 rings (SSSR count). The van der Waals surface area contributed by atoms with Gasteiger partial charge in [0.15, 0.2) is 5.17 Å². The van der Waals surface area contributed by atoms with E-state index >= 15 is 0 Å². The number of aliphatic imine (C=N–C) groups is 1. The molecule has 2 aliphatic rings. The van der Waals surface area contributed by atoms with Gasteiger partial charge in [-0.1, -0.05) is 31.2 Å². The highest BCUT2D eigenvalue weighted by molar-refractivity contribution is 8.18. The minimum absolute atomic E-state index is 0.0910. The summed E-state index contributed by atoms with van der Waals surface area (Å²) >= 11 is 1.39. The lowest BCUT2D eigenvalue weighted by atomic mass is 9.79. The molecule has 1 N–H and O–H groups in total. The Labute approximate surface area is 177 Å². The Kier molecular flexibility index (Phi) is 5.26. The fourth-order valence-electron chi connectivity index (χ4n) is 4.45. The van der Waals surface area contributed by atoms with Gasteiger partial charge in [-0.15, -0.1) is 0 Å². The van der Waals surface area contributed by atoms with Gasteiger partial charge in [0.25, 0.3) is 5.91 Å². The lowest BCUT2D eigenvalue weighted by molar-refractivity contribution is -0.115. The number of hydrogen-bond acceptors (Lipinski definition) is 4. The number of nitrogens with one attached hydrogen (secondary N) is 1. The Morgan fingerprint density at radius 3 is 2.72 bits per heavy atom. The van der Waals surface area contributed by atoms with Gasteiger partial charge in [0.2, 0.25) is 0 Å². The maximum absolute atomic E-state index is 12.4. The fourth-order valence-corrected chi connectivity index (χ4v) is 5.29. The monoisotopic (exact) mass is 405 g/mol. The molecule has 0 saturated carbocycles. The second-order valence-electron chi connectivity index (χ2n) is 8.30. The summed E-state index contributed by atoms with van der Waals surface area (Å²) in [5.74, 6) is 0.396. The number of para-hydroxylation sites is 1.